The van der Waals surface area contributed by atoms with Crippen molar-refractivity contribution in [1.29, 1.82) is 0 Å². The summed E-state index contributed by atoms with van der Waals surface area (Å²) >= 11 is 0. The summed E-state index contributed by atoms with van der Waals surface area (Å²) in [6.07, 6.45) is 0.000543. The van der Waals surface area contributed by atoms with Gasteiger partial charge in [-0.2, -0.15) is 13.2 Å². The lowest BCUT2D eigenvalue weighted by molar-refractivity contribution is -0.137. The second-order valence-electron chi connectivity index (χ2n) is 9.54. The van der Waals surface area contributed by atoms with Crippen molar-refractivity contribution in [2.24, 2.45) is 0 Å². The fraction of sp³-hybridized carbons (Fsp3) is 0.625. The summed E-state index contributed by atoms with van der Waals surface area (Å²) < 4.78 is 45.5. The van der Waals surface area contributed by atoms with E-state index in [1.165, 1.54) is 12.4 Å². The van der Waals surface area contributed by atoms with Crippen LogP contribution in [0.15, 0.2) is 24.5 Å². The number of ether oxygens (including phenoxy) is 1. The Morgan fingerprint density at radius 3 is 2.65 bits per heavy atom. The Kier molecular flexibility index (Phi) is 7.00. The van der Waals surface area contributed by atoms with E-state index in [0.29, 0.717) is 30.6 Å². The number of halogens is 3. The van der Waals surface area contributed by atoms with E-state index in [-0.39, 0.29) is 29.3 Å². The van der Waals surface area contributed by atoms with Crippen LogP contribution in [0.2, 0.25) is 0 Å². The second kappa shape index (κ2) is 9.65. The van der Waals surface area contributed by atoms with E-state index >= 15 is 0 Å². The minimum atomic E-state index is -4.47. The number of hydrogen-bond acceptors (Lipinski definition) is 6. The molecule has 1 N–H and O–H groups in total. The van der Waals surface area contributed by atoms with Crippen LogP contribution in [-0.2, 0) is 15.7 Å². The molecule has 0 bridgehead atoms. The molecule has 4 atom stereocenters. The van der Waals surface area contributed by atoms with Gasteiger partial charge in [0.2, 0.25) is 5.91 Å². The molecule has 1 amide bonds. The fourth-order valence-electron chi connectivity index (χ4n) is 5.17. The van der Waals surface area contributed by atoms with Gasteiger partial charge in [0, 0.05) is 31.1 Å². The number of fused-ring (bicyclic) bond motifs is 1. The summed E-state index contributed by atoms with van der Waals surface area (Å²) in [5, 5.41) is 3.34. The molecule has 186 valence electrons. The Hall–Kier alpha value is -2.46. The van der Waals surface area contributed by atoms with E-state index in [2.05, 4.69) is 41.1 Å². The minimum Gasteiger partial charge on any atom is -0.379 e. The number of hydrogen-bond donors (Lipinski definition) is 1. The van der Waals surface area contributed by atoms with E-state index < -0.39 is 17.8 Å². The molecule has 1 aliphatic heterocycles. The lowest BCUT2D eigenvalue weighted by atomic mass is 9.86. The van der Waals surface area contributed by atoms with Gasteiger partial charge in [0.1, 0.15) is 18.2 Å². The number of methoxy groups -OCH3 is 1. The third kappa shape index (κ3) is 4.84. The third-order valence-corrected chi connectivity index (χ3v) is 7.34. The smallest absolute Gasteiger partial charge is 0.379 e. The monoisotopic (exact) mass is 479 g/mol. The van der Waals surface area contributed by atoms with Crippen LogP contribution in [0, 0.1) is 0 Å². The van der Waals surface area contributed by atoms with Crippen LogP contribution < -0.4 is 5.32 Å². The average Bonchev–Trinajstić information content (AvgIpc) is 3.17. The molecule has 7 nitrogen and oxygen atoms in total. The molecule has 2 aliphatic rings. The van der Waals surface area contributed by atoms with E-state index in [1.54, 1.807) is 7.11 Å². The van der Waals surface area contributed by atoms with Gasteiger partial charge in [-0.15, -0.1) is 0 Å². The van der Waals surface area contributed by atoms with Crippen LogP contribution in [0.4, 0.5) is 19.0 Å². The number of carbonyl (C=O) groups excluding carboxylic acids is 1. The SMILES string of the molecule is CO[C@@H]1CC(N(C)C(C)C)CCC1N1CC[C@H](Nc2ncnc3ccc(C(F)(F)F)cc23)C1=O. The number of amides is 1. The number of benzene rings is 1. The van der Waals surface area contributed by atoms with Crippen molar-refractivity contribution in [3.05, 3.63) is 30.1 Å². The van der Waals surface area contributed by atoms with Crippen molar-refractivity contribution in [2.45, 2.75) is 76.0 Å². The molecule has 1 aromatic heterocycles. The molecule has 2 aromatic rings. The average molecular weight is 480 g/mol. The van der Waals surface area contributed by atoms with Crippen LogP contribution in [-0.4, -0.2) is 76.6 Å². The van der Waals surface area contributed by atoms with Gasteiger partial charge in [-0.25, -0.2) is 9.97 Å². The Morgan fingerprint density at radius 2 is 1.97 bits per heavy atom. The number of nitrogens with zero attached hydrogens (tertiary/aromatic N) is 4. The first kappa shape index (κ1) is 24.7. The van der Waals surface area contributed by atoms with Crippen molar-refractivity contribution in [3.8, 4) is 0 Å². The Labute approximate surface area is 197 Å². The maximum Gasteiger partial charge on any atom is 0.416 e. The summed E-state index contributed by atoms with van der Waals surface area (Å²) in [6, 6.07) is 3.62. The third-order valence-electron chi connectivity index (χ3n) is 7.34. The van der Waals surface area contributed by atoms with Crippen molar-refractivity contribution in [3.63, 3.8) is 0 Å². The Bertz CT molecular complexity index is 1030. The lowest BCUT2D eigenvalue weighted by Gasteiger charge is -2.43. The van der Waals surface area contributed by atoms with Crippen molar-refractivity contribution >= 4 is 22.6 Å². The summed E-state index contributed by atoms with van der Waals surface area (Å²) in [4.78, 5) is 25.8. The summed E-state index contributed by atoms with van der Waals surface area (Å²) in [5.74, 6) is 0.170. The van der Waals surface area contributed by atoms with Crippen molar-refractivity contribution < 1.29 is 22.7 Å². The standard InChI is InChI=1S/C24H32F3N5O2/c1-14(2)31(3)16-6-8-20(21(12-16)34-4)32-10-9-19(23(32)33)30-22-17-11-15(24(25,26)27)5-7-18(17)28-13-29-22/h5,7,11,13-14,16,19-21H,6,8-10,12H2,1-4H3,(H,28,29,30)/t16?,19-,20?,21+/m0/s1. The first-order chi connectivity index (χ1) is 16.1. The molecular formula is C24H32F3N5O2. The molecule has 10 heteroatoms. The molecular weight excluding hydrogens is 447 g/mol. The number of alkyl halides is 3. The van der Waals surface area contributed by atoms with Gasteiger partial charge < -0.3 is 19.9 Å². The predicted molar refractivity (Wildman–Crippen MR) is 123 cm³/mol. The highest BCUT2D eigenvalue weighted by molar-refractivity contribution is 5.93. The number of nitrogens with one attached hydrogen (secondary N) is 1. The molecule has 2 heterocycles. The van der Waals surface area contributed by atoms with Crippen LogP contribution in [0.25, 0.3) is 10.9 Å². The largest absolute Gasteiger partial charge is 0.416 e. The molecule has 0 radical (unpaired) electrons. The number of aromatic nitrogens is 2. The highest BCUT2D eigenvalue weighted by Crippen LogP contribution is 2.34. The van der Waals surface area contributed by atoms with E-state index in [9.17, 15) is 18.0 Å². The van der Waals surface area contributed by atoms with Gasteiger partial charge in [-0.1, -0.05) is 0 Å². The van der Waals surface area contributed by atoms with Gasteiger partial charge in [-0.3, -0.25) is 4.79 Å². The Balaban J connectivity index is 1.49. The molecule has 4 rings (SSSR count). The minimum absolute atomic E-state index is 0.0138. The lowest BCUT2D eigenvalue weighted by Crippen LogP contribution is -2.53. The van der Waals surface area contributed by atoms with E-state index in [0.717, 1.165) is 31.4 Å². The molecule has 1 aliphatic carbocycles. The molecule has 1 saturated carbocycles. The van der Waals surface area contributed by atoms with Crippen LogP contribution >= 0.6 is 0 Å². The zero-order chi connectivity index (χ0) is 24.6. The molecule has 2 fully saturated rings. The van der Waals surface area contributed by atoms with Gasteiger partial charge in [0.05, 0.1) is 23.2 Å². The first-order valence-corrected chi connectivity index (χ1v) is 11.7. The number of rotatable bonds is 6. The van der Waals surface area contributed by atoms with Gasteiger partial charge >= 0.3 is 6.18 Å². The van der Waals surface area contributed by atoms with E-state index in [4.69, 9.17) is 4.74 Å². The maximum absolute atomic E-state index is 13.3. The van der Waals surface area contributed by atoms with Crippen LogP contribution in [0.3, 0.4) is 0 Å². The second-order valence-corrected chi connectivity index (χ2v) is 9.54. The number of anilines is 1. The predicted octanol–water partition coefficient (Wildman–Crippen LogP) is 3.94. The number of carbonyl (C=O) groups is 1. The molecule has 1 aromatic carbocycles. The number of likely N-dealkylation sites (tertiary alicyclic amines) is 1. The molecule has 34 heavy (non-hydrogen) atoms. The first-order valence-electron chi connectivity index (χ1n) is 11.7. The summed E-state index contributed by atoms with van der Waals surface area (Å²) in [6.45, 7) is 4.91. The molecule has 2 unspecified atom stereocenters. The zero-order valence-corrected chi connectivity index (χ0v) is 20.0. The van der Waals surface area contributed by atoms with E-state index in [1.807, 2.05) is 4.90 Å². The molecule has 0 spiro atoms. The fourth-order valence-corrected chi connectivity index (χ4v) is 5.17. The highest BCUT2D eigenvalue weighted by atomic mass is 19.4. The Morgan fingerprint density at radius 1 is 1.21 bits per heavy atom. The summed E-state index contributed by atoms with van der Waals surface area (Å²) in [5.41, 5.74) is -0.386. The zero-order valence-electron chi connectivity index (χ0n) is 20.0. The van der Waals surface area contributed by atoms with Gasteiger partial charge in [-0.05, 0) is 64.8 Å². The van der Waals surface area contributed by atoms with Gasteiger partial charge in [0.25, 0.3) is 0 Å². The maximum atomic E-state index is 13.3. The van der Waals surface area contributed by atoms with Crippen molar-refractivity contribution in [1.82, 2.24) is 19.8 Å². The molecule has 1 saturated heterocycles. The van der Waals surface area contributed by atoms with Crippen molar-refractivity contribution in [2.75, 3.05) is 26.0 Å². The highest BCUT2D eigenvalue weighted by Gasteiger charge is 2.43. The van der Waals surface area contributed by atoms with Crippen LogP contribution in [0.1, 0.15) is 45.1 Å². The topological polar surface area (TPSA) is 70.6 Å². The normalized spacial score (nSPS) is 26.1. The summed E-state index contributed by atoms with van der Waals surface area (Å²) in [7, 11) is 3.82. The van der Waals surface area contributed by atoms with Crippen LogP contribution in [0.5, 0.6) is 0 Å². The van der Waals surface area contributed by atoms with Gasteiger partial charge in [0.15, 0.2) is 0 Å². The quantitative estimate of drug-likeness (QED) is 0.677.